The molecule has 1 fully saturated rings. The third-order valence-corrected chi connectivity index (χ3v) is 3.94. The summed E-state index contributed by atoms with van der Waals surface area (Å²) < 4.78 is 13.0. The number of nitro benzene ring substituents is 1. The predicted molar refractivity (Wildman–Crippen MR) is 87.7 cm³/mol. The first kappa shape index (κ1) is 16.6. The number of hydrogen-bond donors (Lipinski definition) is 1. The molecule has 0 spiro atoms. The van der Waals surface area contributed by atoms with Crippen molar-refractivity contribution in [2.75, 3.05) is 11.4 Å². The molecule has 1 heterocycles. The summed E-state index contributed by atoms with van der Waals surface area (Å²) in [5.74, 6) is -0.965. The summed E-state index contributed by atoms with van der Waals surface area (Å²) in [5, 5.41) is 13.4. The maximum atomic E-state index is 13.0. The fourth-order valence-corrected chi connectivity index (χ4v) is 2.68. The standard InChI is InChI=1S/C17H14FN3O4/c18-12-3-7-14(8-4-12)20-10-13(9-16(20)22)19-17(23)11-1-5-15(6-2-11)21(24)25/h1-8,13H,9-10H2,(H,19,23)/t13-/m0/s1. The number of non-ortho nitro benzene ring substituents is 1. The Morgan fingerprint density at radius 1 is 1.16 bits per heavy atom. The van der Waals surface area contributed by atoms with E-state index in [1.807, 2.05) is 0 Å². The first-order valence-electron chi connectivity index (χ1n) is 7.55. The summed E-state index contributed by atoms with van der Waals surface area (Å²) in [6, 6.07) is 10.4. The van der Waals surface area contributed by atoms with Gasteiger partial charge in [-0.25, -0.2) is 4.39 Å². The molecule has 128 valence electrons. The highest BCUT2D eigenvalue weighted by Gasteiger charge is 2.31. The second-order valence-electron chi connectivity index (χ2n) is 5.66. The van der Waals surface area contributed by atoms with Crippen molar-refractivity contribution in [3.05, 3.63) is 70.0 Å². The molecule has 2 amide bonds. The zero-order valence-electron chi connectivity index (χ0n) is 13.0. The van der Waals surface area contributed by atoms with Gasteiger partial charge in [-0.2, -0.15) is 0 Å². The van der Waals surface area contributed by atoms with Gasteiger partial charge in [-0.15, -0.1) is 0 Å². The van der Waals surface area contributed by atoms with Gasteiger partial charge in [0.2, 0.25) is 5.91 Å². The van der Waals surface area contributed by atoms with Crippen molar-refractivity contribution in [1.29, 1.82) is 0 Å². The second kappa shape index (κ2) is 6.68. The lowest BCUT2D eigenvalue weighted by Gasteiger charge is -2.17. The summed E-state index contributed by atoms with van der Waals surface area (Å²) >= 11 is 0. The Labute approximate surface area is 142 Å². The van der Waals surface area contributed by atoms with Crippen LogP contribution in [0.2, 0.25) is 0 Å². The van der Waals surface area contributed by atoms with Crippen LogP contribution in [0, 0.1) is 15.9 Å². The van der Waals surface area contributed by atoms with Crippen LogP contribution in [0.1, 0.15) is 16.8 Å². The Hall–Kier alpha value is -3.29. The number of carbonyl (C=O) groups is 2. The summed E-state index contributed by atoms with van der Waals surface area (Å²) in [7, 11) is 0. The molecule has 0 unspecified atom stereocenters. The highest BCUT2D eigenvalue weighted by molar-refractivity contribution is 5.99. The third-order valence-electron chi connectivity index (χ3n) is 3.94. The molecule has 2 aromatic rings. The van der Waals surface area contributed by atoms with Gasteiger partial charge in [0, 0.05) is 36.3 Å². The number of hydrogen-bond acceptors (Lipinski definition) is 4. The minimum Gasteiger partial charge on any atom is -0.347 e. The highest BCUT2D eigenvalue weighted by atomic mass is 19.1. The van der Waals surface area contributed by atoms with Gasteiger partial charge in [0.1, 0.15) is 5.82 Å². The quantitative estimate of drug-likeness (QED) is 0.681. The molecule has 1 saturated heterocycles. The van der Waals surface area contributed by atoms with E-state index in [0.29, 0.717) is 5.69 Å². The molecule has 7 nitrogen and oxygen atoms in total. The largest absolute Gasteiger partial charge is 0.347 e. The monoisotopic (exact) mass is 343 g/mol. The maximum absolute atomic E-state index is 13.0. The average molecular weight is 343 g/mol. The van der Waals surface area contributed by atoms with Crippen molar-refractivity contribution in [2.24, 2.45) is 0 Å². The van der Waals surface area contributed by atoms with Gasteiger partial charge >= 0.3 is 0 Å². The first-order chi connectivity index (χ1) is 11.9. The summed E-state index contributed by atoms with van der Waals surface area (Å²) in [5.41, 5.74) is 0.742. The van der Waals surface area contributed by atoms with Crippen molar-refractivity contribution in [3.8, 4) is 0 Å². The lowest BCUT2D eigenvalue weighted by molar-refractivity contribution is -0.384. The number of carbonyl (C=O) groups excluding carboxylic acids is 2. The van der Waals surface area contributed by atoms with Gasteiger partial charge in [-0.3, -0.25) is 19.7 Å². The van der Waals surface area contributed by atoms with Crippen LogP contribution in [0.3, 0.4) is 0 Å². The molecular weight excluding hydrogens is 329 g/mol. The summed E-state index contributed by atoms with van der Waals surface area (Å²) in [4.78, 5) is 35.9. The van der Waals surface area contributed by atoms with Gasteiger partial charge in [0.15, 0.2) is 0 Å². The molecule has 0 radical (unpaired) electrons. The Bertz CT molecular complexity index is 821. The molecule has 8 heteroatoms. The van der Waals surface area contributed by atoms with Crippen LogP contribution in [-0.2, 0) is 4.79 Å². The van der Waals surface area contributed by atoms with Gasteiger partial charge in [0.05, 0.1) is 11.0 Å². The minimum absolute atomic E-state index is 0.102. The molecule has 1 atom stereocenters. The van der Waals surface area contributed by atoms with Crippen molar-refractivity contribution >= 4 is 23.2 Å². The Balaban J connectivity index is 1.65. The minimum atomic E-state index is -0.544. The Morgan fingerprint density at radius 2 is 1.80 bits per heavy atom. The number of nitro groups is 1. The van der Waals surface area contributed by atoms with Crippen LogP contribution in [0.5, 0.6) is 0 Å². The fourth-order valence-electron chi connectivity index (χ4n) is 2.68. The fraction of sp³-hybridized carbons (Fsp3) is 0.176. The van der Waals surface area contributed by atoms with Crippen LogP contribution in [0.4, 0.5) is 15.8 Å². The van der Waals surface area contributed by atoms with Crippen molar-refractivity contribution < 1.29 is 18.9 Å². The molecule has 1 aliphatic heterocycles. The number of halogens is 1. The number of amides is 2. The van der Waals surface area contributed by atoms with E-state index in [1.165, 1.54) is 53.4 Å². The second-order valence-corrected chi connectivity index (χ2v) is 5.66. The van der Waals surface area contributed by atoms with Crippen LogP contribution in [0.15, 0.2) is 48.5 Å². The normalized spacial score (nSPS) is 16.8. The topological polar surface area (TPSA) is 92.6 Å². The zero-order valence-corrected chi connectivity index (χ0v) is 13.0. The molecular formula is C17H14FN3O4. The van der Waals surface area contributed by atoms with E-state index in [-0.39, 0.29) is 36.2 Å². The molecule has 2 aromatic carbocycles. The SMILES string of the molecule is O=C(N[C@H]1CC(=O)N(c2ccc(F)cc2)C1)c1ccc([N+](=O)[O-])cc1. The van der Waals surface area contributed by atoms with E-state index in [2.05, 4.69) is 5.32 Å². The number of anilines is 1. The predicted octanol–water partition coefficient (Wildman–Crippen LogP) is 2.27. The van der Waals surface area contributed by atoms with E-state index in [1.54, 1.807) is 0 Å². The summed E-state index contributed by atoms with van der Waals surface area (Å²) in [6.45, 7) is 0.281. The van der Waals surface area contributed by atoms with Crippen LogP contribution in [0.25, 0.3) is 0 Å². The molecule has 3 rings (SSSR count). The van der Waals surface area contributed by atoms with E-state index >= 15 is 0 Å². The van der Waals surface area contributed by atoms with Crippen molar-refractivity contribution in [2.45, 2.75) is 12.5 Å². The van der Waals surface area contributed by atoms with E-state index < -0.39 is 16.6 Å². The van der Waals surface area contributed by atoms with Crippen molar-refractivity contribution in [1.82, 2.24) is 5.32 Å². The molecule has 1 aliphatic rings. The number of benzene rings is 2. The first-order valence-corrected chi connectivity index (χ1v) is 7.55. The van der Waals surface area contributed by atoms with Gasteiger partial charge < -0.3 is 10.2 Å². The smallest absolute Gasteiger partial charge is 0.269 e. The van der Waals surface area contributed by atoms with E-state index in [9.17, 15) is 24.1 Å². The number of nitrogens with one attached hydrogen (secondary N) is 1. The molecule has 0 aromatic heterocycles. The summed E-state index contributed by atoms with van der Waals surface area (Å²) in [6.07, 6.45) is 0.135. The molecule has 25 heavy (non-hydrogen) atoms. The number of nitrogens with zero attached hydrogens (tertiary/aromatic N) is 2. The van der Waals surface area contributed by atoms with Gasteiger partial charge in [-0.05, 0) is 36.4 Å². The molecule has 0 bridgehead atoms. The molecule has 0 aliphatic carbocycles. The third kappa shape index (κ3) is 3.63. The van der Waals surface area contributed by atoms with Crippen LogP contribution in [-0.4, -0.2) is 29.3 Å². The molecule has 1 N–H and O–H groups in total. The maximum Gasteiger partial charge on any atom is 0.269 e. The Kier molecular flexibility index (Phi) is 4.42. The zero-order chi connectivity index (χ0) is 18.0. The van der Waals surface area contributed by atoms with E-state index in [4.69, 9.17) is 0 Å². The van der Waals surface area contributed by atoms with Crippen molar-refractivity contribution in [3.63, 3.8) is 0 Å². The Morgan fingerprint density at radius 3 is 2.40 bits per heavy atom. The number of rotatable bonds is 4. The molecule has 0 saturated carbocycles. The van der Waals surface area contributed by atoms with Crippen LogP contribution >= 0.6 is 0 Å². The van der Waals surface area contributed by atoms with Crippen LogP contribution < -0.4 is 10.2 Å². The average Bonchev–Trinajstić information content (AvgIpc) is 2.96. The van der Waals surface area contributed by atoms with Gasteiger partial charge in [-0.1, -0.05) is 0 Å². The lowest BCUT2D eigenvalue weighted by Crippen LogP contribution is -2.37. The lowest BCUT2D eigenvalue weighted by atomic mass is 10.1. The highest BCUT2D eigenvalue weighted by Crippen LogP contribution is 2.22. The van der Waals surface area contributed by atoms with E-state index in [0.717, 1.165) is 0 Å². The van der Waals surface area contributed by atoms with Gasteiger partial charge in [0.25, 0.3) is 11.6 Å².